The summed E-state index contributed by atoms with van der Waals surface area (Å²) < 4.78 is 0. The Labute approximate surface area is 133 Å². The largest absolute Gasteiger partial charge is 0.354 e. The molecule has 0 atom stereocenters. The number of rotatable bonds is 9. The van der Waals surface area contributed by atoms with Crippen molar-refractivity contribution in [3.63, 3.8) is 0 Å². The molecule has 5 nitrogen and oxygen atoms in total. The summed E-state index contributed by atoms with van der Waals surface area (Å²) in [7, 11) is 4.03. The Morgan fingerprint density at radius 1 is 1.05 bits per heavy atom. The van der Waals surface area contributed by atoms with Gasteiger partial charge in [0.1, 0.15) is 0 Å². The summed E-state index contributed by atoms with van der Waals surface area (Å²) in [6.07, 6.45) is 1.31. The van der Waals surface area contributed by atoms with E-state index >= 15 is 0 Å². The summed E-state index contributed by atoms with van der Waals surface area (Å²) in [5, 5.41) is 2.87. The molecule has 5 heteroatoms. The quantitative estimate of drug-likeness (QED) is 0.744. The highest BCUT2D eigenvalue weighted by Crippen LogP contribution is 1.99. The van der Waals surface area contributed by atoms with Gasteiger partial charge in [-0.1, -0.05) is 30.3 Å². The fraction of sp³-hybridized carbons (Fsp3) is 0.529. The Hall–Kier alpha value is -1.88. The number of hydrogen-bond acceptors (Lipinski definition) is 3. The Balaban J connectivity index is 2.27. The first-order chi connectivity index (χ1) is 10.5. The molecule has 0 unspecified atom stereocenters. The lowest BCUT2D eigenvalue weighted by Gasteiger charge is -2.22. The summed E-state index contributed by atoms with van der Waals surface area (Å²) in [5.74, 6) is 0.0408. The number of carbonyl (C=O) groups is 2. The average molecular weight is 305 g/mol. The molecule has 0 aromatic heterocycles. The highest BCUT2D eigenvalue weighted by atomic mass is 16.2. The zero-order valence-electron chi connectivity index (χ0n) is 13.8. The molecule has 1 N–H and O–H groups in total. The second kappa shape index (κ2) is 9.95. The van der Waals surface area contributed by atoms with Gasteiger partial charge in [-0.25, -0.2) is 0 Å². The SMILES string of the molecule is CC(=O)N(CCCN(C)C)CCNC(=O)Cc1ccccc1. The molecule has 122 valence electrons. The van der Waals surface area contributed by atoms with Gasteiger partial charge in [-0.3, -0.25) is 9.59 Å². The minimum atomic E-state index is -0.0111. The summed E-state index contributed by atoms with van der Waals surface area (Å²) in [4.78, 5) is 27.3. The molecule has 0 aliphatic heterocycles. The molecule has 1 rings (SSSR count). The highest BCUT2D eigenvalue weighted by Gasteiger charge is 2.09. The normalized spacial score (nSPS) is 10.5. The van der Waals surface area contributed by atoms with Crippen LogP contribution in [-0.2, 0) is 16.0 Å². The van der Waals surface area contributed by atoms with Crippen LogP contribution in [-0.4, -0.2) is 61.9 Å². The number of hydrogen-bond donors (Lipinski definition) is 1. The van der Waals surface area contributed by atoms with Crippen LogP contribution in [0.4, 0.5) is 0 Å². The van der Waals surface area contributed by atoms with Crippen molar-refractivity contribution in [3.05, 3.63) is 35.9 Å². The van der Waals surface area contributed by atoms with E-state index in [0.29, 0.717) is 19.5 Å². The molecule has 22 heavy (non-hydrogen) atoms. The summed E-state index contributed by atoms with van der Waals surface area (Å²) in [5.41, 5.74) is 0.995. The van der Waals surface area contributed by atoms with Crippen LogP contribution in [0.5, 0.6) is 0 Å². The Morgan fingerprint density at radius 3 is 2.32 bits per heavy atom. The number of benzene rings is 1. The third-order valence-electron chi connectivity index (χ3n) is 3.39. The van der Waals surface area contributed by atoms with Gasteiger partial charge >= 0.3 is 0 Å². The molecule has 2 amide bonds. The molecule has 1 aromatic carbocycles. The van der Waals surface area contributed by atoms with Crippen molar-refractivity contribution < 1.29 is 9.59 Å². The predicted molar refractivity (Wildman–Crippen MR) is 88.6 cm³/mol. The van der Waals surface area contributed by atoms with Crippen molar-refractivity contribution in [2.24, 2.45) is 0 Å². The second-order valence-electron chi connectivity index (χ2n) is 5.68. The molecule has 0 spiro atoms. The van der Waals surface area contributed by atoms with Crippen LogP contribution >= 0.6 is 0 Å². The van der Waals surface area contributed by atoms with Crippen LogP contribution < -0.4 is 5.32 Å². The summed E-state index contributed by atoms with van der Waals surface area (Å²) in [6.45, 7) is 4.30. The lowest BCUT2D eigenvalue weighted by Crippen LogP contribution is -2.39. The molecule has 0 saturated heterocycles. The summed E-state index contributed by atoms with van der Waals surface area (Å²) >= 11 is 0. The topological polar surface area (TPSA) is 52.7 Å². The van der Waals surface area contributed by atoms with Gasteiger partial charge in [0.05, 0.1) is 6.42 Å². The highest BCUT2D eigenvalue weighted by molar-refractivity contribution is 5.78. The van der Waals surface area contributed by atoms with Crippen LogP contribution in [0, 0.1) is 0 Å². The van der Waals surface area contributed by atoms with Gasteiger partial charge in [0.25, 0.3) is 0 Å². The fourth-order valence-corrected chi connectivity index (χ4v) is 2.18. The molecule has 0 radical (unpaired) electrons. The fourth-order valence-electron chi connectivity index (χ4n) is 2.18. The molecule has 0 heterocycles. The van der Waals surface area contributed by atoms with Crippen molar-refractivity contribution in [3.8, 4) is 0 Å². The van der Waals surface area contributed by atoms with Gasteiger partial charge in [0.2, 0.25) is 11.8 Å². The van der Waals surface area contributed by atoms with Crippen LogP contribution in [0.1, 0.15) is 18.9 Å². The zero-order valence-corrected chi connectivity index (χ0v) is 13.8. The molecular formula is C17H27N3O2. The first-order valence-electron chi connectivity index (χ1n) is 7.70. The zero-order chi connectivity index (χ0) is 16.4. The molecular weight excluding hydrogens is 278 g/mol. The standard InChI is InChI=1S/C17H27N3O2/c1-15(21)20(12-7-11-19(2)3)13-10-18-17(22)14-16-8-5-4-6-9-16/h4-6,8-9H,7,10-14H2,1-3H3,(H,18,22). The Bertz CT molecular complexity index is 460. The van der Waals surface area contributed by atoms with Crippen molar-refractivity contribution in [2.75, 3.05) is 40.3 Å². The first-order valence-corrected chi connectivity index (χ1v) is 7.70. The maximum absolute atomic E-state index is 11.8. The maximum Gasteiger partial charge on any atom is 0.224 e. The van der Waals surface area contributed by atoms with Gasteiger partial charge in [-0.15, -0.1) is 0 Å². The average Bonchev–Trinajstić information content (AvgIpc) is 2.46. The Morgan fingerprint density at radius 2 is 1.73 bits per heavy atom. The van der Waals surface area contributed by atoms with Crippen molar-refractivity contribution in [1.29, 1.82) is 0 Å². The van der Waals surface area contributed by atoms with Crippen LogP contribution in [0.2, 0.25) is 0 Å². The van der Waals surface area contributed by atoms with E-state index in [2.05, 4.69) is 10.2 Å². The van der Waals surface area contributed by atoms with Crippen molar-refractivity contribution in [2.45, 2.75) is 19.8 Å². The van der Waals surface area contributed by atoms with E-state index in [4.69, 9.17) is 0 Å². The number of nitrogens with zero attached hydrogens (tertiary/aromatic N) is 2. The Kier molecular flexibility index (Phi) is 8.22. The van der Waals surface area contributed by atoms with Crippen molar-refractivity contribution >= 4 is 11.8 Å². The second-order valence-corrected chi connectivity index (χ2v) is 5.68. The lowest BCUT2D eigenvalue weighted by atomic mass is 10.1. The third kappa shape index (κ3) is 7.78. The van der Waals surface area contributed by atoms with Crippen LogP contribution in [0.15, 0.2) is 30.3 Å². The third-order valence-corrected chi connectivity index (χ3v) is 3.39. The smallest absolute Gasteiger partial charge is 0.224 e. The van der Waals surface area contributed by atoms with E-state index in [1.807, 2.05) is 44.4 Å². The monoisotopic (exact) mass is 305 g/mol. The summed E-state index contributed by atoms with van der Waals surface area (Å²) in [6, 6.07) is 9.64. The van der Waals surface area contributed by atoms with Gasteiger partial charge in [0.15, 0.2) is 0 Å². The number of carbonyl (C=O) groups excluding carboxylic acids is 2. The van der Waals surface area contributed by atoms with Crippen LogP contribution in [0.3, 0.4) is 0 Å². The number of nitrogens with one attached hydrogen (secondary N) is 1. The van der Waals surface area contributed by atoms with E-state index < -0.39 is 0 Å². The van der Waals surface area contributed by atoms with E-state index in [1.54, 1.807) is 11.8 Å². The molecule has 0 aliphatic carbocycles. The van der Waals surface area contributed by atoms with E-state index in [-0.39, 0.29) is 11.8 Å². The first kappa shape index (κ1) is 18.2. The van der Waals surface area contributed by atoms with E-state index in [0.717, 1.165) is 25.1 Å². The number of amides is 2. The van der Waals surface area contributed by atoms with E-state index in [9.17, 15) is 9.59 Å². The molecule has 0 bridgehead atoms. The van der Waals surface area contributed by atoms with Gasteiger partial charge in [-0.2, -0.15) is 0 Å². The van der Waals surface area contributed by atoms with E-state index in [1.165, 1.54) is 0 Å². The van der Waals surface area contributed by atoms with Crippen molar-refractivity contribution in [1.82, 2.24) is 15.1 Å². The molecule has 0 fully saturated rings. The van der Waals surface area contributed by atoms with Crippen LogP contribution in [0.25, 0.3) is 0 Å². The maximum atomic E-state index is 11.8. The minimum absolute atomic E-state index is 0.0111. The van der Waals surface area contributed by atoms with Gasteiger partial charge in [0, 0.05) is 26.6 Å². The molecule has 0 aliphatic rings. The predicted octanol–water partition coefficient (Wildman–Crippen LogP) is 1.15. The lowest BCUT2D eigenvalue weighted by molar-refractivity contribution is -0.129. The minimum Gasteiger partial charge on any atom is -0.354 e. The molecule has 0 saturated carbocycles. The molecule has 1 aromatic rings. The van der Waals surface area contributed by atoms with Gasteiger partial charge in [-0.05, 0) is 32.6 Å². The van der Waals surface area contributed by atoms with Gasteiger partial charge < -0.3 is 15.1 Å².